The standard InChI is InChI=1S/C20H28O2/c1-11(2)16-9-14-6-7-15-19(17(14)10-18(16)22-5)12(3)8-13(4)20(15)21/h9-13,15,19H,6-8H2,1-5H3/t12-,13-,15+,19-/m0/s1. The van der Waals surface area contributed by atoms with Crippen LogP contribution in [0.2, 0.25) is 0 Å². The average Bonchev–Trinajstić information content (AvgIpc) is 2.50. The molecule has 0 heterocycles. The number of hydrogen-bond acceptors (Lipinski definition) is 2. The van der Waals surface area contributed by atoms with Gasteiger partial charge in [0.05, 0.1) is 7.11 Å². The van der Waals surface area contributed by atoms with E-state index in [4.69, 9.17) is 4.74 Å². The Labute approximate surface area is 134 Å². The summed E-state index contributed by atoms with van der Waals surface area (Å²) >= 11 is 0. The highest BCUT2D eigenvalue weighted by Gasteiger charge is 2.43. The van der Waals surface area contributed by atoms with Crippen LogP contribution in [0, 0.1) is 17.8 Å². The molecule has 0 aromatic heterocycles. The summed E-state index contributed by atoms with van der Waals surface area (Å²) in [6, 6.07) is 4.57. The van der Waals surface area contributed by atoms with Crippen LogP contribution in [0.25, 0.3) is 0 Å². The van der Waals surface area contributed by atoms with Crippen molar-refractivity contribution < 1.29 is 9.53 Å². The number of Topliss-reactive ketones (excluding diaryl/α,β-unsaturated/α-hetero) is 1. The third-order valence-electron chi connectivity index (χ3n) is 5.82. The number of benzene rings is 1. The molecule has 1 aromatic rings. The Hall–Kier alpha value is -1.31. The monoisotopic (exact) mass is 300 g/mol. The first kappa shape index (κ1) is 15.6. The van der Waals surface area contributed by atoms with Crippen LogP contribution in [0.4, 0.5) is 0 Å². The van der Waals surface area contributed by atoms with Gasteiger partial charge in [0.15, 0.2) is 0 Å². The highest BCUT2D eigenvalue weighted by atomic mass is 16.5. The van der Waals surface area contributed by atoms with E-state index in [1.165, 1.54) is 16.7 Å². The summed E-state index contributed by atoms with van der Waals surface area (Å²) in [5.74, 6) is 3.36. The third kappa shape index (κ3) is 2.37. The number of rotatable bonds is 2. The van der Waals surface area contributed by atoms with Crippen LogP contribution < -0.4 is 4.74 Å². The number of fused-ring (bicyclic) bond motifs is 3. The molecule has 0 aliphatic heterocycles. The van der Waals surface area contributed by atoms with Gasteiger partial charge >= 0.3 is 0 Å². The summed E-state index contributed by atoms with van der Waals surface area (Å²) in [7, 11) is 1.76. The van der Waals surface area contributed by atoms with Crippen LogP contribution >= 0.6 is 0 Å². The molecule has 2 aliphatic carbocycles. The Morgan fingerprint density at radius 1 is 1.23 bits per heavy atom. The predicted octanol–water partition coefficient (Wildman–Crippen LogP) is 4.71. The van der Waals surface area contributed by atoms with Gasteiger partial charge in [0.25, 0.3) is 0 Å². The van der Waals surface area contributed by atoms with Gasteiger partial charge in [-0.05, 0) is 59.8 Å². The lowest BCUT2D eigenvalue weighted by molar-refractivity contribution is -0.131. The normalized spacial score (nSPS) is 30.9. The molecule has 22 heavy (non-hydrogen) atoms. The van der Waals surface area contributed by atoms with E-state index in [0.29, 0.717) is 23.5 Å². The minimum absolute atomic E-state index is 0.223. The molecule has 0 unspecified atom stereocenters. The molecule has 120 valence electrons. The Morgan fingerprint density at radius 2 is 1.95 bits per heavy atom. The largest absolute Gasteiger partial charge is 0.496 e. The molecule has 4 atom stereocenters. The topological polar surface area (TPSA) is 26.3 Å². The van der Waals surface area contributed by atoms with Crippen LogP contribution in [-0.2, 0) is 11.2 Å². The molecule has 0 spiro atoms. The second kappa shape index (κ2) is 5.72. The molecule has 0 saturated heterocycles. The van der Waals surface area contributed by atoms with Crippen molar-refractivity contribution in [3.05, 3.63) is 28.8 Å². The van der Waals surface area contributed by atoms with Gasteiger partial charge in [-0.3, -0.25) is 4.79 Å². The molecule has 2 aliphatic rings. The van der Waals surface area contributed by atoms with Crippen molar-refractivity contribution >= 4 is 5.78 Å². The molecule has 0 bridgehead atoms. The van der Waals surface area contributed by atoms with Crippen LogP contribution in [0.15, 0.2) is 12.1 Å². The van der Waals surface area contributed by atoms with Gasteiger partial charge in [0.1, 0.15) is 11.5 Å². The summed E-state index contributed by atoms with van der Waals surface area (Å²) in [6.45, 7) is 8.85. The van der Waals surface area contributed by atoms with Crippen molar-refractivity contribution in [3.63, 3.8) is 0 Å². The smallest absolute Gasteiger partial charge is 0.139 e. The Morgan fingerprint density at radius 3 is 2.59 bits per heavy atom. The van der Waals surface area contributed by atoms with Gasteiger partial charge in [-0.25, -0.2) is 0 Å². The first-order chi connectivity index (χ1) is 10.4. The van der Waals surface area contributed by atoms with E-state index >= 15 is 0 Å². The van der Waals surface area contributed by atoms with E-state index in [-0.39, 0.29) is 11.8 Å². The zero-order valence-electron chi connectivity index (χ0n) is 14.5. The van der Waals surface area contributed by atoms with Gasteiger partial charge < -0.3 is 4.74 Å². The number of methoxy groups -OCH3 is 1. The zero-order valence-corrected chi connectivity index (χ0v) is 14.5. The molecule has 1 aromatic carbocycles. The molecule has 1 fully saturated rings. The molecule has 2 nitrogen and oxygen atoms in total. The van der Waals surface area contributed by atoms with Crippen molar-refractivity contribution in [2.24, 2.45) is 17.8 Å². The second-order valence-electron chi connectivity index (χ2n) is 7.64. The fraction of sp³-hybridized carbons (Fsp3) is 0.650. The lowest BCUT2D eigenvalue weighted by atomic mass is 9.60. The molecular formula is C20H28O2. The Balaban J connectivity index is 2.08. The van der Waals surface area contributed by atoms with Crippen LogP contribution in [0.1, 0.15) is 69.1 Å². The zero-order chi connectivity index (χ0) is 16.0. The summed E-state index contributed by atoms with van der Waals surface area (Å²) in [5, 5.41) is 0. The maximum Gasteiger partial charge on any atom is 0.139 e. The fourth-order valence-electron chi connectivity index (χ4n) is 4.73. The van der Waals surface area contributed by atoms with Crippen molar-refractivity contribution in [1.29, 1.82) is 0 Å². The van der Waals surface area contributed by atoms with E-state index < -0.39 is 0 Å². The van der Waals surface area contributed by atoms with Gasteiger partial charge in [-0.15, -0.1) is 0 Å². The predicted molar refractivity (Wildman–Crippen MR) is 89.6 cm³/mol. The van der Waals surface area contributed by atoms with Gasteiger partial charge in [0, 0.05) is 11.8 Å². The Bertz CT molecular complexity index is 588. The van der Waals surface area contributed by atoms with E-state index in [0.717, 1.165) is 25.0 Å². The van der Waals surface area contributed by atoms with Crippen LogP contribution in [0.5, 0.6) is 5.75 Å². The third-order valence-corrected chi connectivity index (χ3v) is 5.82. The van der Waals surface area contributed by atoms with Crippen LogP contribution in [-0.4, -0.2) is 12.9 Å². The summed E-state index contributed by atoms with van der Waals surface area (Å²) in [5.41, 5.74) is 4.12. The van der Waals surface area contributed by atoms with Gasteiger partial charge in [-0.1, -0.05) is 33.8 Å². The number of carbonyl (C=O) groups excluding carboxylic acids is 1. The highest BCUT2D eigenvalue weighted by molar-refractivity contribution is 5.85. The maximum atomic E-state index is 12.6. The summed E-state index contributed by atoms with van der Waals surface area (Å²) < 4.78 is 5.65. The van der Waals surface area contributed by atoms with Crippen molar-refractivity contribution in [2.45, 2.75) is 58.8 Å². The van der Waals surface area contributed by atoms with E-state index in [9.17, 15) is 4.79 Å². The van der Waals surface area contributed by atoms with Gasteiger partial charge in [0.2, 0.25) is 0 Å². The number of aryl methyl sites for hydroxylation is 1. The molecule has 0 amide bonds. The first-order valence-corrected chi connectivity index (χ1v) is 8.68. The van der Waals surface area contributed by atoms with E-state index in [2.05, 4.69) is 39.8 Å². The average molecular weight is 300 g/mol. The van der Waals surface area contributed by atoms with Crippen molar-refractivity contribution in [2.75, 3.05) is 7.11 Å². The molecule has 0 N–H and O–H groups in total. The Kier molecular flexibility index (Phi) is 4.05. The SMILES string of the molecule is COc1cc2c(cc1C(C)C)CC[C@H]1C(=O)[C@@H](C)C[C@H](C)[C@H]21. The molecule has 2 heteroatoms. The number of ether oxygens (including phenoxy) is 1. The molecule has 3 rings (SSSR count). The summed E-state index contributed by atoms with van der Waals surface area (Å²) in [6.07, 6.45) is 3.08. The minimum atomic E-state index is 0.223. The number of carbonyl (C=O) groups is 1. The van der Waals surface area contributed by atoms with Gasteiger partial charge in [-0.2, -0.15) is 0 Å². The van der Waals surface area contributed by atoms with E-state index in [1.54, 1.807) is 7.11 Å². The van der Waals surface area contributed by atoms with Crippen LogP contribution in [0.3, 0.4) is 0 Å². The quantitative estimate of drug-likeness (QED) is 0.790. The molecule has 1 saturated carbocycles. The van der Waals surface area contributed by atoms with Crippen molar-refractivity contribution in [1.82, 2.24) is 0 Å². The highest BCUT2D eigenvalue weighted by Crippen LogP contribution is 2.49. The summed E-state index contributed by atoms with van der Waals surface area (Å²) in [4.78, 5) is 12.6. The number of ketones is 1. The van der Waals surface area contributed by atoms with E-state index in [1.807, 2.05) is 0 Å². The first-order valence-electron chi connectivity index (χ1n) is 8.68. The molecule has 0 radical (unpaired) electrons. The lowest BCUT2D eigenvalue weighted by Gasteiger charge is -2.43. The lowest BCUT2D eigenvalue weighted by Crippen LogP contribution is -2.40. The maximum absolute atomic E-state index is 12.6. The molecular weight excluding hydrogens is 272 g/mol. The second-order valence-corrected chi connectivity index (χ2v) is 7.64. The van der Waals surface area contributed by atoms with Crippen molar-refractivity contribution in [3.8, 4) is 5.75 Å². The fourth-order valence-corrected chi connectivity index (χ4v) is 4.73. The number of hydrogen-bond donors (Lipinski definition) is 0. The minimum Gasteiger partial charge on any atom is -0.496 e.